The van der Waals surface area contributed by atoms with Gasteiger partial charge in [-0.15, -0.1) is 0 Å². The van der Waals surface area contributed by atoms with E-state index in [2.05, 4.69) is 6.92 Å². The molecule has 158 valence electrons. The Labute approximate surface area is 182 Å². The van der Waals surface area contributed by atoms with Crippen LogP contribution in [0.15, 0.2) is 54.6 Å². The summed E-state index contributed by atoms with van der Waals surface area (Å²) >= 11 is 0. The van der Waals surface area contributed by atoms with E-state index >= 15 is 0 Å². The fourth-order valence-electron chi connectivity index (χ4n) is 4.67. The van der Waals surface area contributed by atoms with E-state index in [0.717, 1.165) is 5.92 Å². The van der Waals surface area contributed by atoms with Gasteiger partial charge in [-0.25, -0.2) is 9.18 Å². The molecule has 0 heterocycles. The van der Waals surface area contributed by atoms with Gasteiger partial charge < -0.3 is 4.74 Å². The highest BCUT2D eigenvalue weighted by Crippen LogP contribution is 2.37. The molecule has 1 saturated carbocycles. The molecule has 1 aliphatic carbocycles. The highest BCUT2D eigenvalue weighted by atomic mass is 19.1. The quantitative estimate of drug-likeness (QED) is 0.328. The molecular weight excluding hydrogens is 389 g/mol. The van der Waals surface area contributed by atoms with Gasteiger partial charge in [-0.1, -0.05) is 38.0 Å². The van der Waals surface area contributed by atoms with Crippen molar-refractivity contribution in [2.45, 2.75) is 51.4 Å². The summed E-state index contributed by atoms with van der Waals surface area (Å²) in [5.41, 5.74) is 1.78. The second-order valence-corrected chi connectivity index (χ2v) is 8.44. The van der Waals surface area contributed by atoms with Crippen molar-refractivity contribution in [3.8, 4) is 11.8 Å². The van der Waals surface area contributed by atoms with Crippen LogP contribution >= 0.6 is 0 Å². The lowest BCUT2D eigenvalue weighted by Gasteiger charge is -2.28. The van der Waals surface area contributed by atoms with E-state index in [-0.39, 0.29) is 5.56 Å². The minimum Gasteiger partial charge on any atom is -0.423 e. The van der Waals surface area contributed by atoms with Crippen LogP contribution in [0.2, 0.25) is 0 Å². The van der Waals surface area contributed by atoms with Gasteiger partial charge in [-0.2, -0.15) is 5.26 Å². The SMILES string of the molecule is CCCC1CCC(c2ccc(C(=O)Oc3ccc4c(F)c(C#N)ccc4c3)cc2)CC1. The highest BCUT2D eigenvalue weighted by Gasteiger charge is 2.22. The lowest BCUT2D eigenvalue weighted by atomic mass is 9.77. The van der Waals surface area contributed by atoms with Crippen LogP contribution in [0.25, 0.3) is 10.8 Å². The highest BCUT2D eigenvalue weighted by molar-refractivity contribution is 5.92. The summed E-state index contributed by atoms with van der Waals surface area (Å²) in [5.74, 6) is 0.799. The van der Waals surface area contributed by atoms with E-state index in [0.29, 0.717) is 28.0 Å². The monoisotopic (exact) mass is 415 g/mol. The topological polar surface area (TPSA) is 50.1 Å². The smallest absolute Gasteiger partial charge is 0.343 e. The second-order valence-electron chi connectivity index (χ2n) is 8.44. The molecular formula is C27H26FNO2. The number of hydrogen-bond acceptors (Lipinski definition) is 3. The number of esters is 1. The van der Waals surface area contributed by atoms with Gasteiger partial charge in [-0.3, -0.25) is 0 Å². The number of benzene rings is 3. The van der Waals surface area contributed by atoms with Gasteiger partial charge in [0, 0.05) is 5.39 Å². The van der Waals surface area contributed by atoms with Crippen LogP contribution in [0.3, 0.4) is 0 Å². The van der Waals surface area contributed by atoms with E-state index in [1.807, 2.05) is 30.3 Å². The van der Waals surface area contributed by atoms with E-state index in [4.69, 9.17) is 10.00 Å². The molecule has 0 amide bonds. The zero-order valence-electron chi connectivity index (χ0n) is 17.7. The molecule has 3 aromatic carbocycles. The molecule has 0 spiro atoms. The zero-order chi connectivity index (χ0) is 21.8. The van der Waals surface area contributed by atoms with Crippen LogP contribution in [0.1, 0.15) is 72.9 Å². The van der Waals surface area contributed by atoms with Crippen molar-refractivity contribution in [2.24, 2.45) is 5.92 Å². The number of fused-ring (bicyclic) bond motifs is 1. The van der Waals surface area contributed by atoms with Gasteiger partial charge in [0.1, 0.15) is 17.6 Å². The van der Waals surface area contributed by atoms with Crippen LogP contribution in [-0.2, 0) is 0 Å². The van der Waals surface area contributed by atoms with Gasteiger partial charge >= 0.3 is 5.97 Å². The van der Waals surface area contributed by atoms with Gasteiger partial charge in [-0.05, 0) is 84.9 Å². The van der Waals surface area contributed by atoms with Crippen LogP contribution in [0.5, 0.6) is 5.75 Å². The molecule has 0 radical (unpaired) electrons. The van der Waals surface area contributed by atoms with Crippen LogP contribution < -0.4 is 4.74 Å². The first-order valence-corrected chi connectivity index (χ1v) is 11.0. The maximum atomic E-state index is 14.2. The van der Waals surface area contributed by atoms with Crippen molar-refractivity contribution < 1.29 is 13.9 Å². The van der Waals surface area contributed by atoms with Crippen molar-refractivity contribution in [1.82, 2.24) is 0 Å². The number of nitriles is 1. The van der Waals surface area contributed by atoms with Crippen molar-refractivity contribution in [3.05, 3.63) is 77.1 Å². The summed E-state index contributed by atoms with van der Waals surface area (Å²) in [5, 5.41) is 9.86. The Bertz CT molecular complexity index is 1120. The lowest BCUT2D eigenvalue weighted by molar-refractivity contribution is 0.0735. The van der Waals surface area contributed by atoms with E-state index in [1.54, 1.807) is 18.2 Å². The summed E-state index contributed by atoms with van der Waals surface area (Å²) < 4.78 is 19.8. The third kappa shape index (κ3) is 4.61. The van der Waals surface area contributed by atoms with Crippen LogP contribution in [0, 0.1) is 23.1 Å². The largest absolute Gasteiger partial charge is 0.423 e. The van der Waals surface area contributed by atoms with E-state index in [1.165, 1.54) is 56.2 Å². The zero-order valence-corrected chi connectivity index (χ0v) is 17.7. The molecule has 0 aliphatic heterocycles. The average molecular weight is 416 g/mol. The summed E-state index contributed by atoms with van der Waals surface area (Å²) in [6.07, 6.45) is 7.62. The molecule has 31 heavy (non-hydrogen) atoms. The Hall–Kier alpha value is -3.19. The molecule has 3 nitrogen and oxygen atoms in total. The summed E-state index contributed by atoms with van der Waals surface area (Å²) in [7, 11) is 0. The minimum atomic E-state index is -0.558. The summed E-state index contributed by atoms with van der Waals surface area (Å²) in [6, 6.07) is 17.3. The molecule has 4 heteroatoms. The Morgan fingerprint density at radius 2 is 1.81 bits per heavy atom. The predicted molar refractivity (Wildman–Crippen MR) is 120 cm³/mol. The van der Waals surface area contributed by atoms with Gasteiger partial charge in [0.05, 0.1) is 11.1 Å². The van der Waals surface area contributed by atoms with Crippen molar-refractivity contribution >= 4 is 16.7 Å². The fraction of sp³-hybridized carbons (Fsp3) is 0.333. The Kier molecular flexibility index (Phi) is 6.32. The van der Waals surface area contributed by atoms with Gasteiger partial charge in [0.2, 0.25) is 0 Å². The molecule has 4 rings (SSSR count). The van der Waals surface area contributed by atoms with Crippen molar-refractivity contribution in [3.63, 3.8) is 0 Å². The Morgan fingerprint density at radius 1 is 1.06 bits per heavy atom. The number of halogens is 1. The van der Waals surface area contributed by atoms with Crippen molar-refractivity contribution in [1.29, 1.82) is 5.26 Å². The Balaban J connectivity index is 1.43. The maximum absolute atomic E-state index is 14.2. The third-order valence-electron chi connectivity index (χ3n) is 6.42. The molecule has 0 unspecified atom stereocenters. The lowest BCUT2D eigenvalue weighted by Crippen LogP contribution is -2.13. The first-order valence-electron chi connectivity index (χ1n) is 11.0. The second kappa shape index (κ2) is 9.31. The van der Waals surface area contributed by atoms with Crippen molar-refractivity contribution in [2.75, 3.05) is 0 Å². The minimum absolute atomic E-state index is 0.00353. The van der Waals surface area contributed by atoms with Crippen LogP contribution in [0.4, 0.5) is 4.39 Å². The first kappa shape index (κ1) is 21.1. The number of carbonyl (C=O) groups excluding carboxylic acids is 1. The number of hydrogen-bond donors (Lipinski definition) is 0. The molecule has 1 aliphatic rings. The third-order valence-corrected chi connectivity index (χ3v) is 6.42. The number of rotatable bonds is 5. The maximum Gasteiger partial charge on any atom is 0.343 e. The normalized spacial score (nSPS) is 18.5. The molecule has 0 aromatic heterocycles. The predicted octanol–water partition coefficient (Wildman–Crippen LogP) is 7.14. The summed E-state index contributed by atoms with van der Waals surface area (Å²) in [6.45, 7) is 2.25. The van der Waals surface area contributed by atoms with E-state index in [9.17, 15) is 9.18 Å². The number of ether oxygens (including phenoxy) is 1. The molecule has 3 aromatic rings. The number of carbonyl (C=O) groups is 1. The van der Waals surface area contributed by atoms with E-state index < -0.39 is 11.8 Å². The number of nitrogens with zero attached hydrogens (tertiary/aromatic N) is 1. The van der Waals surface area contributed by atoms with Gasteiger partial charge in [0.15, 0.2) is 0 Å². The molecule has 0 bridgehead atoms. The first-order chi connectivity index (χ1) is 15.1. The fourth-order valence-corrected chi connectivity index (χ4v) is 4.67. The molecule has 0 N–H and O–H groups in total. The summed E-state index contributed by atoms with van der Waals surface area (Å²) in [4.78, 5) is 12.6. The average Bonchev–Trinajstić information content (AvgIpc) is 2.80. The standard InChI is InChI=1S/C27H26FNO2/c1-2-3-18-4-6-19(7-5-18)20-8-10-21(11-9-20)27(30)31-24-14-15-25-22(16-24)12-13-23(17-29)26(25)28/h8-16,18-19H,2-7H2,1H3. The molecule has 1 fully saturated rings. The Morgan fingerprint density at radius 3 is 2.48 bits per heavy atom. The van der Waals surface area contributed by atoms with Crippen LogP contribution in [-0.4, -0.2) is 5.97 Å². The van der Waals surface area contributed by atoms with Gasteiger partial charge in [0.25, 0.3) is 0 Å². The molecule has 0 saturated heterocycles. The molecule has 0 atom stereocenters.